The van der Waals surface area contributed by atoms with Crippen LogP contribution in [0.5, 0.6) is 0 Å². The number of fused-ring (bicyclic) bond motifs is 2. The Morgan fingerprint density at radius 1 is 1.00 bits per heavy atom. The summed E-state index contributed by atoms with van der Waals surface area (Å²) in [6.07, 6.45) is 5.95. The third kappa shape index (κ3) is 2.89. The van der Waals surface area contributed by atoms with Crippen LogP contribution >= 0.6 is 0 Å². The number of hydrogen-bond acceptors (Lipinski definition) is 3. The summed E-state index contributed by atoms with van der Waals surface area (Å²) in [6, 6.07) is 17.6. The van der Waals surface area contributed by atoms with E-state index in [-0.39, 0.29) is 5.91 Å². The number of carbonyl (C=O) groups is 1. The van der Waals surface area contributed by atoms with Gasteiger partial charge in [-0.15, -0.1) is 0 Å². The summed E-state index contributed by atoms with van der Waals surface area (Å²) in [5.41, 5.74) is 5.72. The van der Waals surface area contributed by atoms with E-state index >= 15 is 0 Å². The van der Waals surface area contributed by atoms with Crippen molar-refractivity contribution in [2.24, 2.45) is 11.8 Å². The number of nitrogens with zero attached hydrogens (tertiary/aromatic N) is 3. The van der Waals surface area contributed by atoms with Gasteiger partial charge in [-0.2, -0.15) is 0 Å². The maximum atomic E-state index is 12.7. The fourth-order valence-electron chi connectivity index (χ4n) is 4.95. The third-order valence-corrected chi connectivity index (χ3v) is 6.35. The summed E-state index contributed by atoms with van der Waals surface area (Å²) in [5, 5.41) is 0. The van der Waals surface area contributed by atoms with Gasteiger partial charge >= 0.3 is 0 Å². The number of carbonyl (C=O) groups excluding carboxylic acids is 1. The Morgan fingerprint density at radius 2 is 1.75 bits per heavy atom. The van der Waals surface area contributed by atoms with Gasteiger partial charge in [-0.3, -0.25) is 9.78 Å². The second kappa shape index (κ2) is 6.86. The van der Waals surface area contributed by atoms with Crippen LogP contribution in [0, 0.1) is 18.8 Å². The Bertz CT molecular complexity index is 988. The Morgan fingerprint density at radius 3 is 2.43 bits per heavy atom. The van der Waals surface area contributed by atoms with Gasteiger partial charge in [-0.1, -0.05) is 48.5 Å². The molecule has 2 atom stereocenters. The topological polar surface area (TPSA) is 46.1 Å². The van der Waals surface area contributed by atoms with Crippen molar-refractivity contribution >= 4 is 5.91 Å². The highest BCUT2D eigenvalue weighted by Crippen LogP contribution is 2.51. The number of aromatic nitrogens is 2. The van der Waals surface area contributed by atoms with Crippen molar-refractivity contribution in [2.45, 2.75) is 19.3 Å². The minimum absolute atomic E-state index is 0.0103. The Kier molecular flexibility index (Phi) is 4.19. The fraction of sp³-hybridized carbons (Fsp3) is 0.292. The van der Waals surface area contributed by atoms with E-state index in [2.05, 4.69) is 65.4 Å². The fourth-order valence-corrected chi connectivity index (χ4v) is 4.95. The minimum atomic E-state index is 0.0103. The largest absolute Gasteiger partial charge is 0.337 e. The summed E-state index contributed by atoms with van der Waals surface area (Å²) >= 11 is 0. The van der Waals surface area contributed by atoms with E-state index in [0.29, 0.717) is 23.4 Å². The van der Waals surface area contributed by atoms with E-state index in [4.69, 9.17) is 0 Å². The average Bonchev–Trinajstić information content (AvgIpc) is 2.75. The predicted octanol–water partition coefficient (Wildman–Crippen LogP) is 4.33. The molecular weight excluding hydrogens is 346 g/mol. The van der Waals surface area contributed by atoms with Gasteiger partial charge < -0.3 is 4.90 Å². The zero-order valence-electron chi connectivity index (χ0n) is 16.0. The van der Waals surface area contributed by atoms with Gasteiger partial charge in [0, 0.05) is 25.5 Å². The van der Waals surface area contributed by atoms with Crippen molar-refractivity contribution < 1.29 is 4.79 Å². The first-order chi connectivity index (χ1) is 13.7. The van der Waals surface area contributed by atoms with Crippen molar-refractivity contribution in [1.82, 2.24) is 14.9 Å². The van der Waals surface area contributed by atoms with Gasteiger partial charge in [-0.25, -0.2) is 4.98 Å². The lowest BCUT2D eigenvalue weighted by Gasteiger charge is -2.53. The number of rotatable bonds is 3. The van der Waals surface area contributed by atoms with E-state index in [1.807, 2.05) is 4.90 Å². The van der Waals surface area contributed by atoms with Gasteiger partial charge in [0.1, 0.15) is 5.69 Å². The van der Waals surface area contributed by atoms with Crippen LogP contribution in [0.3, 0.4) is 0 Å². The van der Waals surface area contributed by atoms with Crippen LogP contribution in [0.15, 0.2) is 67.1 Å². The molecule has 2 aromatic carbocycles. The molecule has 0 N–H and O–H groups in total. The Hall–Kier alpha value is -3.01. The molecule has 3 aromatic rings. The van der Waals surface area contributed by atoms with E-state index in [1.54, 1.807) is 18.6 Å². The van der Waals surface area contributed by atoms with Gasteiger partial charge in [0.25, 0.3) is 5.91 Å². The number of piperidine rings is 2. The van der Waals surface area contributed by atoms with Gasteiger partial charge in [0.05, 0.1) is 6.20 Å². The Labute approximate surface area is 165 Å². The highest BCUT2D eigenvalue weighted by Gasteiger charge is 2.48. The number of aryl methyl sites for hydroxylation is 1. The molecule has 28 heavy (non-hydrogen) atoms. The molecule has 3 heterocycles. The molecule has 1 amide bonds. The molecule has 6 rings (SSSR count). The minimum Gasteiger partial charge on any atom is -0.337 e. The quantitative estimate of drug-likeness (QED) is 0.690. The zero-order chi connectivity index (χ0) is 19.1. The molecule has 1 aromatic heterocycles. The van der Waals surface area contributed by atoms with Gasteiger partial charge in [0.2, 0.25) is 0 Å². The molecule has 0 spiro atoms. The first kappa shape index (κ1) is 17.1. The molecular formula is C24H23N3O. The lowest BCUT2D eigenvalue weighted by Crippen LogP contribution is -2.55. The van der Waals surface area contributed by atoms with Crippen molar-refractivity contribution in [3.63, 3.8) is 0 Å². The highest BCUT2D eigenvalue weighted by atomic mass is 16.2. The van der Waals surface area contributed by atoms with Crippen LogP contribution in [0.1, 0.15) is 34.0 Å². The molecule has 1 saturated carbocycles. The second-order valence-corrected chi connectivity index (χ2v) is 8.02. The summed E-state index contributed by atoms with van der Waals surface area (Å²) < 4.78 is 0. The number of hydrogen-bond donors (Lipinski definition) is 0. The van der Waals surface area contributed by atoms with E-state index in [9.17, 15) is 4.79 Å². The predicted molar refractivity (Wildman–Crippen MR) is 109 cm³/mol. The van der Waals surface area contributed by atoms with E-state index in [0.717, 1.165) is 13.1 Å². The highest BCUT2D eigenvalue weighted by molar-refractivity contribution is 5.92. The molecule has 4 heteroatoms. The second-order valence-electron chi connectivity index (χ2n) is 8.02. The lowest BCUT2D eigenvalue weighted by atomic mass is 9.59. The molecule has 0 radical (unpaired) electrons. The molecule has 3 aliphatic rings. The number of amides is 1. The molecule has 3 fully saturated rings. The maximum Gasteiger partial charge on any atom is 0.274 e. The van der Waals surface area contributed by atoms with Crippen LogP contribution in [0.4, 0.5) is 0 Å². The van der Waals surface area contributed by atoms with Crippen LogP contribution < -0.4 is 0 Å². The molecule has 2 saturated heterocycles. The molecule has 2 unspecified atom stereocenters. The smallest absolute Gasteiger partial charge is 0.274 e. The molecule has 2 bridgehead atoms. The van der Waals surface area contributed by atoms with Crippen molar-refractivity contribution in [1.29, 1.82) is 0 Å². The lowest BCUT2D eigenvalue weighted by molar-refractivity contribution is 0.00280. The maximum absolute atomic E-state index is 12.7. The van der Waals surface area contributed by atoms with E-state index < -0.39 is 0 Å². The Balaban J connectivity index is 1.31. The molecule has 2 aliphatic heterocycles. The van der Waals surface area contributed by atoms with Crippen molar-refractivity contribution in [3.05, 3.63) is 83.9 Å². The molecule has 1 aliphatic carbocycles. The zero-order valence-corrected chi connectivity index (χ0v) is 16.0. The normalized spacial score (nSPS) is 23.2. The average molecular weight is 369 g/mol. The monoisotopic (exact) mass is 369 g/mol. The SMILES string of the molecule is Cc1ccccc1-c1ccc(C2C3CC2CN(C(=O)c2cnccn2)C3)cc1. The first-order valence-corrected chi connectivity index (χ1v) is 9.92. The van der Waals surface area contributed by atoms with Crippen LogP contribution in [0.2, 0.25) is 0 Å². The van der Waals surface area contributed by atoms with Crippen LogP contribution in [0.25, 0.3) is 11.1 Å². The van der Waals surface area contributed by atoms with Crippen LogP contribution in [-0.2, 0) is 0 Å². The van der Waals surface area contributed by atoms with Gasteiger partial charge in [-0.05, 0) is 53.4 Å². The molecule has 140 valence electrons. The summed E-state index contributed by atoms with van der Waals surface area (Å²) in [5.74, 6) is 1.67. The first-order valence-electron chi connectivity index (χ1n) is 9.92. The van der Waals surface area contributed by atoms with Crippen LogP contribution in [-0.4, -0.2) is 33.9 Å². The standard InChI is InChI=1S/C24H23N3O/c1-16-4-2-3-5-21(16)17-6-8-18(9-7-17)23-19-12-20(23)15-27(14-19)24(28)22-13-25-10-11-26-22/h2-11,13,19-20,23H,12,14-15H2,1H3. The molecule has 4 nitrogen and oxygen atoms in total. The van der Waals surface area contributed by atoms with E-state index in [1.165, 1.54) is 28.7 Å². The number of benzene rings is 2. The third-order valence-electron chi connectivity index (χ3n) is 6.35. The van der Waals surface area contributed by atoms with Crippen molar-refractivity contribution in [3.8, 4) is 11.1 Å². The van der Waals surface area contributed by atoms with Gasteiger partial charge in [0.15, 0.2) is 0 Å². The summed E-state index contributed by atoms with van der Waals surface area (Å²) in [6.45, 7) is 3.79. The summed E-state index contributed by atoms with van der Waals surface area (Å²) in [4.78, 5) is 22.8. The summed E-state index contributed by atoms with van der Waals surface area (Å²) in [7, 11) is 0. The van der Waals surface area contributed by atoms with Crippen molar-refractivity contribution in [2.75, 3.05) is 13.1 Å².